The smallest absolute Gasteiger partial charge is 1.00 e. The van der Waals surface area contributed by atoms with Gasteiger partial charge in [-0.15, -0.1) is 66.9 Å². The molecule has 0 aromatic heterocycles. The van der Waals surface area contributed by atoms with E-state index >= 15 is 0 Å². The predicted octanol–water partition coefficient (Wildman–Crippen LogP) is 0.656. The number of carbonyl (C=O) groups excluding carboxylic acids is 11. The molecule has 370 valence electrons. The van der Waals surface area contributed by atoms with Crippen LogP contribution in [0.15, 0.2) is 0 Å². The Bertz CT molecular complexity index is 1990. The van der Waals surface area contributed by atoms with Gasteiger partial charge in [-0.2, -0.15) is 45.3 Å². The zero-order valence-corrected chi connectivity index (χ0v) is 46.9. The van der Waals surface area contributed by atoms with Gasteiger partial charge in [0.15, 0.2) is 18.5 Å². The minimum absolute atomic E-state index is 0. The van der Waals surface area contributed by atoms with Crippen molar-refractivity contribution in [3.63, 3.8) is 0 Å². The number of hydrogen-bond donors (Lipinski definition) is 2. The van der Waals surface area contributed by atoms with E-state index < -0.39 is 51.1 Å². The fourth-order valence-electron chi connectivity index (χ4n) is 3.27. The Morgan fingerprint density at radius 2 is 0.841 bits per heavy atom. The third-order valence-electron chi connectivity index (χ3n) is 6.18. The van der Waals surface area contributed by atoms with Crippen molar-refractivity contribution in [1.82, 2.24) is 0 Å². The molecule has 0 saturated carbocycles. The zero-order chi connectivity index (χ0) is 55.2. The second kappa shape index (κ2) is 59.8. The van der Waals surface area contributed by atoms with Crippen LogP contribution in [0.5, 0.6) is 0 Å². The van der Waals surface area contributed by atoms with Gasteiger partial charge < -0.3 is 43.6 Å². The van der Waals surface area contributed by atoms with Crippen molar-refractivity contribution in [1.29, 1.82) is 0 Å². The van der Waals surface area contributed by atoms with Crippen LogP contribution in [-0.4, -0.2) is 119 Å². The number of rotatable bonds is 8. The van der Waals surface area contributed by atoms with Gasteiger partial charge in [-0.25, -0.2) is 0 Å². The summed E-state index contributed by atoms with van der Waals surface area (Å²) in [6.45, 7) is 25.1. The molecule has 0 aliphatic carbocycles. The van der Waals surface area contributed by atoms with Gasteiger partial charge in [-0.1, -0.05) is 88.7 Å². The van der Waals surface area contributed by atoms with E-state index in [1.807, 2.05) is 0 Å². The molecule has 15 nitrogen and oxygen atoms in total. The zero-order valence-electron chi connectivity index (χ0n) is 41.9. The Morgan fingerprint density at radius 1 is 0.565 bits per heavy atom. The molecule has 2 N–H and O–H groups in total. The van der Waals surface area contributed by atoms with Crippen molar-refractivity contribution in [3.05, 3.63) is 6.92 Å². The summed E-state index contributed by atoms with van der Waals surface area (Å²) in [5.74, 6) is 26.9. The minimum atomic E-state index is -1.52. The van der Waals surface area contributed by atoms with E-state index in [2.05, 4.69) is 141 Å². The van der Waals surface area contributed by atoms with Gasteiger partial charge in [0.25, 0.3) is 0 Å². The average molecular weight is 1060 g/mol. The molecule has 0 rings (SSSR count). The van der Waals surface area contributed by atoms with Crippen molar-refractivity contribution in [2.24, 2.45) is 16.2 Å². The number of hydrogen-bond acceptors (Lipinski definition) is 15. The summed E-state index contributed by atoms with van der Waals surface area (Å²) in [7, 11) is -0.182. The van der Waals surface area contributed by atoms with Crippen LogP contribution in [0, 0.1) is 131 Å². The molecule has 4 unspecified atom stereocenters. The molecular weight excluding hydrogens is 1000 g/mol. The van der Waals surface area contributed by atoms with Crippen LogP contribution in [0.4, 0.5) is 0 Å². The fourth-order valence-corrected chi connectivity index (χ4v) is 4.33. The number of halogens is 1. The number of aliphatic hydroxyl groups is 2. The molecule has 0 fully saturated rings. The number of aldehydes is 1. The third kappa shape index (κ3) is 79.2. The first kappa shape index (κ1) is 89.4. The van der Waals surface area contributed by atoms with E-state index in [0.29, 0.717) is 6.29 Å². The fraction of sp³-hybridized carbons (Fsp3) is 0.480. The topological polar surface area (TPSA) is 247 Å². The van der Waals surface area contributed by atoms with Gasteiger partial charge in [0.05, 0.1) is 25.0 Å². The first-order valence-corrected chi connectivity index (χ1v) is 25.9. The Hall–Kier alpha value is -6.23. The van der Waals surface area contributed by atoms with Gasteiger partial charge in [0.2, 0.25) is 0 Å². The molecule has 0 aromatic rings. The normalized spacial score (nSPS) is 10.4. The molecule has 0 aliphatic heterocycles. The summed E-state index contributed by atoms with van der Waals surface area (Å²) >= 11 is 0. The molecular formula is C50H63BrMgO15Si2. The summed E-state index contributed by atoms with van der Waals surface area (Å²) in [6.07, 6.45) is 27.6. The van der Waals surface area contributed by atoms with Crippen molar-refractivity contribution in [2.45, 2.75) is 125 Å². The number of methoxy groups -OCH3 is 2. The van der Waals surface area contributed by atoms with Crippen molar-refractivity contribution >= 4 is 82.0 Å². The third-order valence-corrected chi connectivity index (χ3v) is 7.97. The van der Waals surface area contributed by atoms with Crippen LogP contribution < -0.4 is 17.0 Å². The van der Waals surface area contributed by atoms with Crippen LogP contribution in [0.25, 0.3) is 0 Å². The number of terminal acetylenes is 5. The van der Waals surface area contributed by atoms with E-state index in [-0.39, 0.29) is 95.7 Å². The monoisotopic (exact) mass is 1060 g/mol. The van der Waals surface area contributed by atoms with Crippen LogP contribution in [-0.2, 0) is 62.2 Å². The molecule has 0 aliphatic rings. The van der Waals surface area contributed by atoms with Crippen LogP contribution in [0.2, 0.25) is 39.3 Å². The molecule has 0 aromatic carbocycles. The molecule has 0 saturated heterocycles. The van der Waals surface area contributed by atoms with Gasteiger partial charge in [-0.05, 0) is 25.2 Å². The maximum absolute atomic E-state index is 11.7. The number of carbonyl (C=O) groups is 3. The first-order valence-electron chi connectivity index (χ1n) is 18.9. The van der Waals surface area contributed by atoms with Gasteiger partial charge >= 0.3 is 59.6 Å². The Morgan fingerprint density at radius 3 is 1.04 bits per heavy atom. The predicted molar refractivity (Wildman–Crippen MR) is 259 cm³/mol. The van der Waals surface area contributed by atoms with E-state index in [0.717, 1.165) is 12.8 Å². The quantitative estimate of drug-likeness (QED) is 0.112. The van der Waals surface area contributed by atoms with Crippen molar-refractivity contribution < 1.29 is 89.4 Å². The van der Waals surface area contributed by atoms with Crippen LogP contribution >= 0.6 is 0 Å². The van der Waals surface area contributed by atoms with Crippen LogP contribution in [0.3, 0.4) is 0 Å². The Labute approximate surface area is 439 Å². The second-order valence-corrected chi connectivity index (χ2v) is 24.7. The maximum atomic E-state index is 11.7. The minimum Gasteiger partial charge on any atom is -1.00 e. The number of ether oxygens (including phenoxy) is 2. The van der Waals surface area contributed by atoms with Crippen molar-refractivity contribution in [2.75, 3.05) is 14.2 Å². The van der Waals surface area contributed by atoms with Gasteiger partial charge in [0.1, 0.15) is 16.1 Å². The van der Waals surface area contributed by atoms with E-state index in [4.69, 9.17) is 80.3 Å². The van der Waals surface area contributed by atoms with E-state index in [1.54, 1.807) is 20.8 Å². The van der Waals surface area contributed by atoms with Gasteiger partial charge in [0, 0.05) is 38.5 Å². The van der Waals surface area contributed by atoms with E-state index in [9.17, 15) is 19.5 Å². The molecule has 0 heterocycles. The number of aliphatic hydroxyl groups excluding tert-OH is 2. The Kier molecular flexibility index (Phi) is 77.4. The summed E-state index contributed by atoms with van der Waals surface area (Å²) < 4.78 is 9.38. The average Bonchev–Trinajstić information content (AvgIpc) is 3.23. The first-order chi connectivity index (χ1) is 31.0. The largest absolute Gasteiger partial charge is 2.00 e. The standard InChI is InChI=1S/C16H22O3Si.C13H14O3.C9H12.C6H10OSi.C2H5.4CO2.BrH.Mg/c1-7-11-16(2,15(18)19-3)12-8-9-14(17)10-13-20(4,5)6;1-5-9-13(3,12(15)16-4)10-7-8-11(14)6-2;1-5-7-9(3,4)8-6-2;1-8(2,3)6-4-5-7;1-2;4*2-1-3;;/h1,14,17H,11-12H2,2-6H3;1-2,11,14H,9-10H2,3-4H3;1-2H,7-8H2,3-4H3;5H,1-3H3;1H2,2H3;;;;;1H;/q;;;;-1;;;;;;+2/p-1. The van der Waals surface area contributed by atoms with Gasteiger partial charge in [-0.3, -0.25) is 14.4 Å². The van der Waals surface area contributed by atoms with E-state index in [1.165, 1.54) is 14.2 Å². The SMILES string of the molecule is C#CCC(C)(C)CC#C.C#CCC(C)(CC#CC(O)C#C)C(=O)OC.C#CCC(C)(CC#CC(O)C#C[Si](C)(C)C)C(=O)OC.C[Si](C)(C)C#CC=O.O=C=O.O=C=O.O=C=O.O=C=O.[Br-].[CH2-]C.[Mg+2]. The Balaban J connectivity index is -0.0000000680. The molecule has 4 atom stereocenters. The maximum Gasteiger partial charge on any atom is 2.00 e. The van der Waals surface area contributed by atoms with Crippen molar-refractivity contribution in [3.8, 4) is 108 Å². The molecule has 0 radical (unpaired) electrons. The summed E-state index contributed by atoms with van der Waals surface area (Å²) in [4.78, 5) is 97.9. The molecule has 69 heavy (non-hydrogen) atoms. The summed E-state index contributed by atoms with van der Waals surface area (Å²) in [6, 6.07) is 0. The molecule has 19 heteroatoms. The number of esters is 2. The van der Waals surface area contributed by atoms with Crippen LogP contribution in [0.1, 0.15) is 73.1 Å². The second-order valence-electron chi connectivity index (χ2n) is 15.2. The molecule has 0 bridgehead atoms. The summed E-state index contributed by atoms with van der Waals surface area (Å²) in [5.41, 5.74) is 4.36. The molecule has 0 spiro atoms. The summed E-state index contributed by atoms with van der Waals surface area (Å²) in [5, 5.41) is 18.7. The molecule has 0 amide bonds.